The number of amides is 1. The molecule has 138 valence electrons. The fourth-order valence-corrected chi connectivity index (χ4v) is 3.81. The summed E-state index contributed by atoms with van der Waals surface area (Å²) in [4.78, 5) is 27.2. The quantitative estimate of drug-likeness (QED) is 0.514. The van der Waals surface area contributed by atoms with Gasteiger partial charge in [-0.15, -0.1) is 0 Å². The van der Waals surface area contributed by atoms with E-state index in [0.717, 1.165) is 18.4 Å². The Morgan fingerprint density at radius 2 is 1.70 bits per heavy atom. The largest absolute Gasteiger partial charge is 0.507 e. The molecular formula is C22H21NO4. The maximum absolute atomic E-state index is 12.8. The van der Waals surface area contributed by atoms with Crippen molar-refractivity contribution in [1.29, 1.82) is 0 Å². The molecule has 0 radical (unpaired) electrons. The standard InChI is InChI=1S/C22H21NO4/c24-20(16-10-5-2-6-11-16)18-19(15-8-3-1-4-9-15)23(22(26)21(18)25)14-17-12-7-13-27-17/h1-6,8-11,17,19,24H,7,12-14H2/t17-,19-/m0/s1. The van der Waals surface area contributed by atoms with E-state index < -0.39 is 17.7 Å². The average molecular weight is 363 g/mol. The third-order valence-corrected chi connectivity index (χ3v) is 5.13. The minimum atomic E-state index is -0.650. The van der Waals surface area contributed by atoms with E-state index in [1.54, 1.807) is 29.2 Å². The molecule has 2 saturated heterocycles. The van der Waals surface area contributed by atoms with Crippen molar-refractivity contribution < 1.29 is 19.4 Å². The predicted molar refractivity (Wildman–Crippen MR) is 101 cm³/mol. The highest BCUT2D eigenvalue weighted by atomic mass is 16.5. The Balaban J connectivity index is 1.81. The van der Waals surface area contributed by atoms with E-state index in [4.69, 9.17) is 4.74 Å². The van der Waals surface area contributed by atoms with Gasteiger partial charge in [-0.05, 0) is 18.4 Å². The first kappa shape index (κ1) is 17.5. The van der Waals surface area contributed by atoms with Crippen LogP contribution in [0.4, 0.5) is 0 Å². The van der Waals surface area contributed by atoms with Crippen LogP contribution in [0, 0.1) is 0 Å². The number of benzene rings is 2. The van der Waals surface area contributed by atoms with Crippen molar-refractivity contribution in [1.82, 2.24) is 4.90 Å². The van der Waals surface area contributed by atoms with Crippen molar-refractivity contribution in [3.05, 3.63) is 77.4 Å². The molecule has 0 unspecified atom stereocenters. The molecule has 0 saturated carbocycles. The lowest BCUT2D eigenvalue weighted by Gasteiger charge is -2.27. The summed E-state index contributed by atoms with van der Waals surface area (Å²) in [5.74, 6) is -1.38. The number of hydrogen-bond acceptors (Lipinski definition) is 4. The van der Waals surface area contributed by atoms with Gasteiger partial charge < -0.3 is 14.7 Å². The van der Waals surface area contributed by atoms with Crippen LogP contribution in [0.5, 0.6) is 0 Å². The number of Topliss-reactive ketones (excluding diaryl/α,β-unsaturated/α-hetero) is 1. The molecule has 5 nitrogen and oxygen atoms in total. The number of aliphatic hydroxyl groups is 1. The second-order valence-corrected chi connectivity index (χ2v) is 6.86. The highest BCUT2D eigenvalue weighted by Gasteiger charge is 2.46. The Hall–Kier alpha value is -2.92. The summed E-state index contributed by atoms with van der Waals surface area (Å²) < 4.78 is 5.68. The van der Waals surface area contributed by atoms with E-state index in [1.165, 1.54) is 0 Å². The third kappa shape index (κ3) is 3.26. The van der Waals surface area contributed by atoms with Gasteiger partial charge in [0.15, 0.2) is 0 Å². The van der Waals surface area contributed by atoms with Crippen molar-refractivity contribution >= 4 is 17.4 Å². The van der Waals surface area contributed by atoms with Crippen LogP contribution in [-0.4, -0.2) is 41.0 Å². The number of carbonyl (C=O) groups excluding carboxylic acids is 2. The van der Waals surface area contributed by atoms with Crippen LogP contribution in [0.25, 0.3) is 5.76 Å². The molecule has 5 heteroatoms. The van der Waals surface area contributed by atoms with Crippen LogP contribution in [0.1, 0.15) is 30.0 Å². The van der Waals surface area contributed by atoms with Crippen LogP contribution >= 0.6 is 0 Å². The van der Waals surface area contributed by atoms with E-state index in [2.05, 4.69) is 0 Å². The first-order chi connectivity index (χ1) is 13.2. The lowest BCUT2D eigenvalue weighted by Crippen LogP contribution is -2.36. The maximum Gasteiger partial charge on any atom is 0.295 e. The molecule has 2 atom stereocenters. The fraction of sp³-hybridized carbons (Fsp3) is 0.273. The van der Waals surface area contributed by atoms with Gasteiger partial charge in [-0.25, -0.2) is 0 Å². The molecule has 4 rings (SSSR count). The van der Waals surface area contributed by atoms with Crippen molar-refractivity contribution in [2.75, 3.05) is 13.2 Å². The Morgan fingerprint density at radius 3 is 2.33 bits per heavy atom. The van der Waals surface area contributed by atoms with Crippen molar-refractivity contribution in [3.63, 3.8) is 0 Å². The number of nitrogens with zero attached hydrogens (tertiary/aromatic N) is 1. The van der Waals surface area contributed by atoms with E-state index in [0.29, 0.717) is 18.7 Å². The number of likely N-dealkylation sites (tertiary alicyclic amines) is 1. The molecule has 2 aliphatic heterocycles. The van der Waals surface area contributed by atoms with E-state index in [9.17, 15) is 14.7 Å². The van der Waals surface area contributed by atoms with Crippen LogP contribution in [0.3, 0.4) is 0 Å². The van der Waals surface area contributed by atoms with Gasteiger partial charge in [-0.2, -0.15) is 0 Å². The van der Waals surface area contributed by atoms with Crippen LogP contribution in [0.15, 0.2) is 66.2 Å². The second kappa shape index (κ2) is 7.37. The molecule has 2 aromatic carbocycles. The first-order valence-corrected chi connectivity index (χ1v) is 9.17. The van der Waals surface area contributed by atoms with Gasteiger partial charge >= 0.3 is 0 Å². The van der Waals surface area contributed by atoms with Gasteiger partial charge in [0.25, 0.3) is 11.7 Å². The first-order valence-electron chi connectivity index (χ1n) is 9.17. The Kier molecular flexibility index (Phi) is 4.77. The highest BCUT2D eigenvalue weighted by Crippen LogP contribution is 2.39. The number of carbonyl (C=O) groups is 2. The molecule has 2 aromatic rings. The summed E-state index contributed by atoms with van der Waals surface area (Å²) in [7, 11) is 0. The molecule has 27 heavy (non-hydrogen) atoms. The van der Waals surface area contributed by atoms with Gasteiger partial charge in [0.05, 0.1) is 17.7 Å². The summed E-state index contributed by atoms with van der Waals surface area (Å²) in [6, 6.07) is 17.6. The van der Waals surface area contributed by atoms with E-state index in [-0.39, 0.29) is 17.4 Å². The van der Waals surface area contributed by atoms with E-state index >= 15 is 0 Å². The zero-order chi connectivity index (χ0) is 18.8. The molecule has 0 spiro atoms. The molecule has 0 aromatic heterocycles. The van der Waals surface area contributed by atoms with Crippen molar-refractivity contribution in [2.24, 2.45) is 0 Å². The van der Waals surface area contributed by atoms with Crippen molar-refractivity contribution in [3.8, 4) is 0 Å². The molecule has 2 aliphatic rings. The minimum absolute atomic E-state index is 0.0776. The second-order valence-electron chi connectivity index (χ2n) is 6.86. The van der Waals surface area contributed by atoms with Gasteiger partial charge in [0.1, 0.15) is 5.76 Å². The molecule has 1 N–H and O–H groups in total. The van der Waals surface area contributed by atoms with Crippen LogP contribution < -0.4 is 0 Å². The number of rotatable bonds is 4. The summed E-state index contributed by atoms with van der Waals surface area (Å²) in [6.45, 7) is 1.02. The maximum atomic E-state index is 12.8. The lowest BCUT2D eigenvalue weighted by atomic mass is 9.95. The average Bonchev–Trinajstić information content (AvgIpc) is 3.31. The number of ketones is 1. The molecule has 0 aliphatic carbocycles. The predicted octanol–water partition coefficient (Wildman–Crippen LogP) is 3.29. The summed E-state index contributed by atoms with van der Waals surface area (Å²) in [5, 5.41) is 10.9. The summed E-state index contributed by atoms with van der Waals surface area (Å²) in [5.41, 5.74) is 1.45. The topological polar surface area (TPSA) is 66.8 Å². The number of ether oxygens (including phenoxy) is 1. The smallest absolute Gasteiger partial charge is 0.295 e. The number of aliphatic hydroxyl groups excluding tert-OH is 1. The lowest BCUT2D eigenvalue weighted by molar-refractivity contribution is -0.140. The van der Waals surface area contributed by atoms with Crippen LogP contribution in [-0.2, 0) is 14.3 Å². The van der Waals surface area contributed by atoms with Gasteiger partial charge in [0, 0.05) is 18.7 Å². The third-order valence-electron chi connectivity index (χ3n) is 5.13. The van der Waals surface area contributed by atoms with Crippen LogP contribution in [0.2, 0.25) is 0 Å². The molecule has 1 amide bonds. The zero-order valence-corrected chi connectivity index (χ0v) is 14.9. The molecule has 0 bridgehead atoms. The highest BCUT2D eigenvalue weighted by molar-refractivity contribution is 6.46. The fourth-order valence-electron chi connectivity index (χ4n) is 3.81. The normalized spacial score (nSPS) is 24.5. The van der Waals surface area contributed by atoms with E-state index in [1.807, 2.05) is 36.4 Å². The molecule has 2 fully saturated rings. The monoisotopic (exact) mass is 363 g/mol. The summed E-state index contributed by atoms with van der Waals surface area (Å²) in [6.07, 6.45) is 1.74. The Labute approximate surface area is 157 Å². The Bertz CT molecular complexity index is 870. The summed E-state index contributed by atoms with van der Waals surface area (Å²) >= 11 is 0. The van der Waals surface area contributed by atoms with Gasteiger partial charge in [-0.1, -0.05) is 60.7 Å². The Morgan fingerprint density at radius 1 is 1.04 bits per heavy atom. The van der Waals surface area contributed by atoms with Crippen molar-refractivity contribution in [2.45, 2.75) is 25.0 Å². The number of hydrogen-bond donors (Lipinski definition) is 1. The molecular weight excluding hydrogens is 342 g/mol. The van der Waals surface area contributed by atoms with Gasteiger partial charge in [0.2, 0.25) is 0 Å². The SMILES string of the molecule is O=C1C(=O)N(C[C@@H]2CCCO2)[C@@H](c2ccccc2)C1=C(O)c1ccccc1. The zero-order valence-electron chi connectivity index (χ0n) is 14.9. The molecule has 2 heterocycles. The minimum Gasteiger partial charge on any atom is -0.507 e. The van der Waals surface area contributed by atoms with Gasteiger partial charge in [-0.3, -0.25) is 9.59 Å².